The summed E-state index contributed by atoms with van der Waals surface area (Å²) in [4.78, 5) is 24.3. The fourth-order valence-corrected chi connectivity index (χ4v) is 6.71. The van der Waals surface area contributed by atoms with E-state index in [-0.39, 0.29) is 11.7 Å². The summed E-state index contributed by atoms with van der Waals surface area (Å²) in [5, 5.41) is 9.41. The van der Waals surface area contributed by atoms with Crippen molar-refractivity contribution in [3.05, 3.63) is 34.9 Å². The first-order chi connectivity index (χ1) is 10.9. The molecule has 23 heavy (non-hydrogen) atoms. The minimum Gasteiger partial charge on any atom is -0.481 e. The highest BCUT2D eigenvalue weighted by atomic mass is 28.3. The molecule has 2 atom stereocenters. The normalized spacial score (nSPS) is 26.3. The van der Waals surface area contributed by atoms with E-state index in [9.17, 15) is 14.7 Å². The van der Waals surface area contributed by atoms with Gasteiger partial charge in [-0.15, -0.1) is 0 Å². The number of benzene rings is 1. The van der Waals surface area contributed by atoms with Gasteiger partial charge in [-0.2, -0.15) is 0 Å². The average molecular weight is 330 g/mol. The Bertz CT molecular complexity index is 636. The lowest BCUT2D eigenvalue weighted by atomic mass is 9.75. The molecule has 0 radical (unpaired) electrons. The highest BCUT2D eigenvalue weighted by molar-refractivity contribution is 6.77. The van der Waals surface area contributed by atoms with Crippen LogP contribution in [-0.2, 0) is 17.3 Å². The van der Waals surface area contributed by atoms with E-state index in [0.717, 1.165) is 24.8 Å². The number of carbonyl (C=O) groups is 2. The maximum atomic E-state index is 12.9. The van der Waals surface area contributed by atoms with Crippen LogP contribution in [0.15, 0.2) is 18.2 Å². The first-order valence-electron chi connectivity index (χ1n) is 8.76. The van der Waals surface area contributed by atoms with Gasteiger partial charge in [0.15, 0.2) is 5.78 Å². The van der Waals surface area contributed by atoms with E-state index in [0.29, 0.717) is 12.8 Å². The van der Waals surface area contributed by atoms with Crippen LogP contribution < -0.4 is 0 Å². The van der Waals surface area contributed by atoms with Gasteiger partial charge in [0, 0.05) is 11.5 Å². The molecule has 3 nitrogen and oxygen atoms in total. The van der Waals surface area contributed by atoms with Gasteiger partial charge >= 0.3 is 5.97 Å². The summed E-state index contributed by atoms with van der Waals surface area (Å²) < 4.78 is 0. The van der Waals surface area contributed by atoms with Gasteiger partial charge < -0.3 is 5.11 Å². The zero-order chi connectivity index (χ0) is 16.6. The summed E-state index contributed by atoms with van der Waals surface area (Å²) in [6.45, 7) is 4.85. The number of carbonyl (C=O) groups excluding carboxylic acids is 1. The second-order valence-electron chi connectivity index (χ2n) is 8.02. The summed E-state index contributed by atoms with van der Waals surface area (Å²) >= 11 is 0. The molecule has 1 saturated carbocycles. The summed E-state index contributed by atoms with van der Waals surface area (Å²) in [6, 6.07) is 8.57. The largest absolute Gasteiger partial charge is 0.481 e. The van der Waals surface area contributed by atoms with Crippen molar-refractivity contribution in [2.75, 3.05) is 0 Å². The van der Waals surface area contributed by atoms with E-state index in [4.69, 9.17) is 0 Å². The van der Waals surface area contributed by atoms with Crippen LogP contribution in [0.1, 0.15) is 47.2 Å². The van der Waals surface area contributed by atoms with Gasteiger partial charge in [0.2, 0.25) is 0 Å². The van der Waals surface area contributed by atoms with Gasteiger partial charge in [0.1, 0.15) is 0 Å². The van der Waals surface area contributed by atoms with Gasteiger partial charge in [-0.05, 0) is 42.5 Å². The molecule has 2 aliphatic rings. The fourth-order valence-electron chi connectivity index (χ4n) is 4.22. The molecular formula is C19H26O3Si. The number of hydrogen-bond acceptors (Lipinski definition) is 2. The summed E-state index contributed by atoms with van der Waals surface area (Å²) in [7, 11) is -1.11. The molecule has 1 aromatic carbocycles. The third kappa shape index (κ3) is 3.42. The van der Waals surface area contributed by atoms with Gasteiger partial charge in [0.05, 0.1) is 14.0 Å². The molecule has 1 aliphatic carbocycles. The number of hydrogen-bond donors (Lipinski definition) is 1. The van der Waals surface area contributed by atoms with E-state index in [1.807, 2.05) is 6.07 Å². The average Bonchev–Trinajstić information content (AvgIpc) is 2.53. The summed E-state index contributed by atoms with van der Waals surface area (Å²) in [5.74, 6) is -1.61. The van der Waals surface area contributed by atoms with Crippen molar-refractivity contribution >= 4 is 19.8 Å². The molecule has 0 spiro atoms. The monoisotopic (exact) mass is 330 g/mol. The minimum absolute atomic E-state index is 0.0435. The number of carboxylic acids is 1. The van der Waals surface area contributed by atoms with E-state index < -0.39 is 20.0 Å². The van der Waals surface area contributed by atoms with Gasteiger partial charge in [-0.25, -0.2) is 0 Å². The van der Waals surface area contributed by atoms with Crippen LogP contribution in [0.2, 0.25) is 19.1 Å². The van der Waals surface area contributed by atoms with Crippen molar-refractivity contribution < 1.29 is 14.7 Å². The Kier molecular flexibility index (Phi) is 4.45. The highest BCUT2D eigenvalue weighted by Gasteiger charge is 2.36. The Morgan fingerprint density at radius 1 is 1.09 bits per heavy atom. The molecule has 0 amide bonds. The van der Waals surface area contributed by atoms with Crippen LogP contribution in [0.25, 0.3) is 0 Å². The number of Topliss-reactive ketones (excluding diaryl/α,β-unsaturated/α-hetero) is 1. The Balaban J connectivity index is 1.84. The molecule has 4 heteroatoms. The van der Waals surface area contributed by atoms with E-state index in [2.05, 4.69) is 25.2 Å². The molecule has 1 aromatic rings. The lowest BCUT2D eigenvalue weighted by Crippen LogP contribution is -2.34. The zero-order valence-electron chi connectivity index (χ0n) is 14.1. The first kappa shape index (κ1) is 16.4. The van der Waals surface area contributed by atoms with Crippen molar-refractivity contribution in [2.24, 2.45) is 11.8 Å². The summed E-state index contributed by atoms with van der Waals surface area (Å²) in [6.07, 6.45) is 4.31. The number of fused-ring (bicyclic) bond motifs is 1. The number of carboxylic acid groups (broad SMARTS) is 1. The van der Waals surface area contributed by atoms with Crippen LogP contribution in [0, 0.1) is 11.8 Å². The Morgan fingerprint density at radius 3 is 2.48 bits per heavy atom. The number of aliphatic carboxylic acids is 1. The van der Waals surface area contributed by atoms with Gasteiger partial charge in [-0.3, -0.25) is 9.59 Å². The topological polar surface area (TPSA) is 54.4 Å². The molecule has 0 aromatic heterocycles. The predicted octanol–water partition coefficient (Wildman–Crippen LogP) is 4.11. The molecule has 3 rings (SSSR count). The molecule has 1 heterocycles. The van der Waals surface area contributed by atoms with Crippen LogP contribution >= 0.6 is 0 Å². The number of rotatable bonds is 3. The van der Waals surface area contributed by atoms with Crippen LogP contribution in [0.5, 0.6) is 0 Å². The van der Waals surface area contributed by atoms with Crippen molar-refractivity contribution in [2.45, 2.75) is 57.3 Å². The molecular weight excluding hydrogens is 304 g/mol. The Morgan fingerprint density at radius 2 is 1.78 bits per heavy atom. The Hall–Kier alpha value is -1.42. The van der Waals surface area contributed by atoms with Crippen molar-refractivity contribution in [1.82, 2.24) is 0 Å². The molecule has 1 N–H and O–H groups in total. The van der Waals surface area contributed by atoms with Gasteiger partial charge in [0.25, 0.3) is 0 Å². The Labute approximate surface area is 139 Å². The summed E-state index contributed by atoms with van der Waals surface area (Å²) in [5.41, 5.74) is 3.44. The van der Waals surface area contributed by atoms with Crippen molar-refractivity contribution in [1.29, 1.82) is 0 Å². The van der Waals surface area contributed by atoms with Crippen molar-refractivity contribution in [3.8, 4) is 0 Å². The third-order valence-corrected chi connectivity index (χ3v) is 8.59. The predicted molar refractivity (Wildman–Crippen MR) is 93.6 cm³/mol. The van der Waals surface area contributed by atoms with E-state index >= 15 is 0 Å². The van der Waals surface area contributed by atoms with Crippen LogP contribution in [-0.4, -0.2) is 24.9 Å². The molecule has 0 bridgehead atoms. The lowest BCUT2D eigenvalue weighted by Gasteiger charge is -2.30. The van der Waals surface area contributed by atoms with Crippen molar-refractivity contribution in [3.63, 3.8) is 0 Å². The molecule has 1 aliphatic heterocycles. The molecule has 124 valence electrons. The standard InChI is InChI=1S/C19H26O3Si/c1-23(2)10-9-13-11-14(7-8-15(13)12-23)18(20)16-5-3-4-6-17(16)19(21)22/h7-8,11,16-17H,3-6,9-10,12H2,1-2H3,(H,21,22)/t16-,17+/m0/s1. The molecule has 1 fully saturated rings. The highest BCUT2D eigenvalue weighted by Crippen LogP contribution is 2.34. The fraction of sp³-hybridized carbons (Fsp3) is 0.579. The minimum atomic E-state index is -1.11. The van der Waals surface area contributed by atoms with Crippen LogP contribution in [0.3, 0.4) is 0 Å². The first-order valence-corrected chi connectivity index (χ1v) is 12.2. The van der Waals surface area contributed by atoms with Crippen LogP contribution in [0.4, 0.5) is 0 Å². The van der Waals surface area contributed by atoms with E-state index in [1.54, 1.807) is 0 Å². The van der Waals surface area contributed by atoms with E-state index in [1.165, 1.54) is 23.2 Å². The SMILES string of the molecule is C[Si]1(C)CCc2cc(C(=O)[C@H]3CCCC[C@H]3C(=O)O)ccc2C1. The van der Waals surface area contributed by atoms with Gasteiger partial charge in [-0.1, -0.05) is 44.1 Å². The molecule has 0 unspecified atom stereocenters. The third-order valence-electron chi connectivity index (χ3n) is 5.65. The number of aryl methyl sites for hydroxylation is 1. The maximum absolute atomic E-state index is 12.9. The maximum Gasteiger partial charge on any atom is 0.307 e. The quantitative estimate of drug-likeness (QED) is 0.670. The second-order valence-corrected chi connectivity index (χ2v) is 13.2. The second kappa shape index (κ2) is 6.23. The number of ketones is 1. The lowest BCUT2D eigenvalue weighted by molar-refractivity contribution is -0.144. The zero-order valence-corrected chi connectivity index (χ0v) is 15.1. The molecule has 0 saturated heterocycles. The smallest absolute Gasteiger partial charge is 0.307 e.